The number of hydrogen-bond donors (Lipinski definition) is 0. The Morgan fingerprint density at radius 3 is 1.76 bits per heavy atom. The van der Waals surface area contributed by atoms with Crippen molar-refractivity contribution in [1.82, 2.24) is 0 Å². The van der Waals surface area contributed by atoms with E-state index in [1.54, 1.807) is 0 Å². The molecule has 0 saturated carbocycles. The molecule has 0 amide bonds. The molecule has 0 aliphatic rings. The SMILES string of the molecule is c1ccc(-c2cccc(N(c3ccc(-c4ccccc4)c4c3oc3ccccc34)c3cccc4oc5ccccc5c34)c2)cc1. The van der Waals surface area contributed by atoms with Crippen molar-refractivity contribution in [3.8, 4) is 22.3 Å². The molecule has 0 saturated heterocycles. The summed E-state index contributed by atoms with van der Waals surface area (Å²) in [4.78, 5) is 2.33. The first-order valence-corrected chi connectivity index (χ1v) is 15.2. The fraction of sp³-hybridized carbons (Fsp3) is 0. The monoisotopic (exact) mass is 577 g/mol. The van der Waals surface area contributed by atoms with Gasteiger partial charge < -0.3 is 13.7 Å². The Kier molecular flexibility index (Phi) is 5.82. The molecule has 7 aromatic carbocycles. The van der Waals surface area contributed by atoms with Crippen molar-refractivity contribution >= 4 is 60.9 Å². The lowest BCUT2D eigenvalue weighted by atomic mass is 9.97. The number of nitrogens with zero attached hydrogens (tertiary/aromatic N) is 1. The van der Waals surface area contributed by atoms with Crippen LogP contribution in [0.4, 0.5) is 17.1 Å². The second-order valence-electron chi connectivity index (χ2n) is 11.3. The van der Waals surface area contributed by atoms with Gasteiger partial charge in [0.15, 0.2) is 5.58 Å². The molecular weight excluding hydrogens is 550 g/mol. The standard InChI is InChI=1S/C42H27NO2/c1-3-13-28(14-4-1)30-17-11-18-31(27-30)43(35-21-12-24-39-41(35)34-20-8-9-22-37(34)44-39)36-26-25-32(29-15-5-2-6-16-29)40-33-19-7-10-23-38(33)45-42(36)40/h1-27H. The summed E-state index contributed by atoms with van der Waals surface area (Å²) in [6.45, 7) is 0. The van der Waals surface area contributed by atoms with Crippen molar-refractivity contribution < 1.29 is 8.83 Å². The van der Waals surface area contributed by atoms with Gasteiger partial charge in [0.05, 0.1) is 16.8 Å². The van der Waals surface area contributed by atoms with Gasteiger partial charge in [-0.3, -0.25) is 0 Å². The maximum absolute atomic E-state index is 6.80. The number of furan rings is 2. The van der Waals surface area contributed by atoms with E-state index in [2.05, 4.69) is 144 Å². The molecular formula is C42H27NO2. The Bertz CT molecular complexity index is 2490. The number of benzene rings is 7. The average Bonchev–Trinajstić information content (AvgIpc) is 3.69. The average molecular weight is 578 g/mol. The van der Waals surface area contributed by atoms with Crippen LogP contribution in [-0.2, 0) is 0 Å². The smallest absolute Gasteiger partial charge is 0.160 e. The van der Waals surface area contributed by atoms with Crippen molar-refractivity contribution in [2.24, 2.45) is 0 Å². The third-order valence-corrected chi connectivity index (χ3v) is 8.66. The molecule has 9 rings (SSSR count). The van der Waals surface area contributed by atoms with E-state index < -0.39 is 0 Å². The second kappa shape index (κ2) is 10.3. The van der Waals surface area contributed by atoms with Crippen LogP contribution in [0.3, 0.4) is 0 Å². The van der Waals surface area contributed by atoms with E-state index in [0.29, 0.717) is 0 Å². The highest BCUT2D eigenvalue weighted by atomic mass is 16.3. The maximum Gasteiger partial charge on any atom is 0.160 e. The number of hydrogen-bond acceptors (Lipinski definition) is 3. The van der Waals surface area contributed by atoms with Gasteiger partial charge in [-0.2, -0.15) is 0 Å². The zero-order valence-electron chi connectivity index (χ0n) is 24.4. The van der Waals surface area contributed by atoms with Gasteiger partial charge in [0.2, 0.25) is 0 Å². The van der Waals surface area contributed by atoms with E-state index in [9.17, 15) is 0 Å². The lowest BCUT2D eigenvalue weighted by Gasteiger charge is -2.27. The van der Waals surface area contributed by atoms with Crippen LogP contribution in [0.15, 0.2) is 173 Å². The van der Waals surface area contributed by atoms with Crippen LogP contribution in [0.1, 0.15) is 0 Å². The lowest BCUT2D eigenvalue weighted by molar-refractivity contribution is 0.668. The molecule has 0 unspecified atom stereocenters. The van der Waals surface area contributed by atoms with Crippen LogP contribution in [0, 0.1) is 0 Å². The van der Waals surface area contributed by atoms with Gasteiger partial charge in [0.25, 0.3) is 0 Å². The molecule has 9 aromatic rings. The van der Waals surface area contributed by atoms with Gasteiger partial charge in [0, 0.05) is 21.8 Å². The van der Waals surface area contributed by atoms with Crippen molar-refractivity contribution in [2.75, 3.05) is 4.90 Å². The Morgan fingerprint density at radius 1 is 0.378 bits per heavy atom. The Labute approximate surface area is 260 Å². The van der Waals surface area contributed by atoms with Gasteiger partial charge in [0.1, 0.15) is 16.7 Å². The molecule has 0 aliphatic heterocycles. The summed E-state index contributed by atoms with van der Waals surface area (Å²) in [6, 6.07) is 57.1. The van der Waals surface area contributed by atoms with Gasteiger partial charge >= 0.3 is 0 Å². The van der Waals surface area contributed by atoms with E-state index in [1.165, 1.54) is 5.56 Å². The highest BCUT2D eigenvalue weighted by Crippen LogP contribution is 2.48. The van der Waals surface area contributed by atoms with Gasteiger partial charge in [-0.05, 0) is 64.7 Å². The first-order valence-electron chi connectivity index (χ1n) is 15.2. The quantitative estimate of drug-likeness (QED) is 0.204. The first kappa shape index (κ1) is 25.4. The molecule has 2 heterocycles. The van der Waals surface area contributed by atoms with E-state index in [-0.39, 0.29) is 0 Å². The summed E-state index contributed by atoms with van der Waals surface area (Å²) in [5, 5.41) is 4.34. The van der Waals surface area contributed by atoms with Crippen LogP contribution in [0.2, 0.25) is 0 Å². The molecule has 3 heteroatoms. The number of para-hydroxylation sites is 2. The van der Waals surface area contributed by atoms with Crippen LogP contribution in [0.25, 0.3) is 66.1 Å². The predicted molar refractivity (Wildman–Crippen MR) is 187 cm³/mol. The van der Waals surface area contributed by atoms with E-state index in [0.717, 1.165) is 77.6 Å². The Balaban J connectivity index is 1.39. The van der Waals surface area contributed by atoms with Crippen LogP contribution < -0.4 is 4.90 Å². The van der Waals surface area contributed by atoms with Crippen LogP contribution in [0.5, 0.6) is 0 Å². The molecule has 0 bridgehead atoms. The van der Waals surface area contributed by atoms with Crippen molar-refractivity contribution in [2.45, 2.75) is 0 Å². The van der Waals surface area contributed by atoms with Gasteiger partial charge in [-0.15, -0.1) is 0 Å². The number of rotatable bonds is 5. The summed E-state index contributed by atoms with van der Waals surface area (Å²) < 4.78 is 13.2. The van der Waals surface area contributed by atoms with Crippen molar-refractivity contribution in [3.63, 3.8) is 0 Å². The summed E-state index contributed by atoms with van der Waals surface area (Å²) >= 11 is 0. The molecule has 0 aliphatic carbocycles. The predicted octanol–water partition coefficient (Wildman–Crippen LogP) is 12.3. The Morgan fingerprint density at radius 2 is 0.978 bits per heavy atom. The molecule has 0 atom stereocenters. The third-order valence-electron chi connectivity index (χ3n) is 8.66. The summed E-state index contributed by atoms with van der Waals surface area (Å²) in [6.07, 6.45) is 0. The second-order valence-corrected chi connectivity index (χ2v) is 11.3. The van der Waals surface area contributed by atoms with Crippen molar-refractivity contribution in [1.29, 1.82) is 0 Å². The fourth-order valence-electron chi connectivity index (χ4n) is 6.65. The van der Waals surface area contributed by atoms with E-state index in [4.69, 9.17) is 8.83 Å². The zero-order valence-corrected chi connectivity index (χ0v) is 24.4. The van der Waals surface area contributed by atoms with Gasteiger partial charge in [-0.25, -0.2) is 0 Å². The minimum atomic E-state index is 0.840. The molecule has 3 nitrogen and oxygen atoms in total. The first-order chi connectivity index (χ1) is 22.3. The summed E-state index contributed by atoms with van der Waals surface area (Å²) in [7, 11) is 0. The molecule has 0 spiro atoms. The molecule has 0 N–H and O–H groups in total. The van der Waals surface area contributed by atoms with Gasteiger partial charge in [-0.1, -0.05) is 121 Å². The van der Waals surface area contributed by atoms with E-state index in [1.807, 2.05) is 24.3 Å². The minimum Gasteiger partial charge on any atom is -0.456 e. The number of anilines is 3. The summed E-state index contributed by atoms with van der Waals surface area (Å²) in [5.41, 5.74) is 11.0. The topological polar surface area (TPSA) is 29.5 Å². The fourth-order valence-corrected chi connectivity index (χ4v) is 6.65. The van der Waals surface area contributed by atoms with Crippen LogP contribution >= 0.6 is 0 Å². The largest absolute Gasteiger partial charge is 0.456 e. The summed E-state index contributed by atoms with van der Waals surface area (Å²) in [5.74, 6) is 0. The van der Waals surface area contributed by atoms with Crippen LogP contribution in [-0.4, -0.2) is 0 Å². The zero-order chi connectivity index (χ0) is 29.7. The van der Waals surface area contributed by atoms with Crippen molar-refractivity contribution in [3.05, 3.63) is 164 Å². The Hall–Kier alpha value is -6.06. The lowest BCUT2D eigenvalue weighted by Crippen LogP contribution is -2.11. The molecule has 45 heavy (non-hydrogen) atoms. The number of fused-ring (bicyclic) bond motifs is 6. The molecule has 0 fully saturated rings. The normalized spacial score (nSPS) is 11.6. The van der Waals surface area contributed by atoms with E-state index >= 15 is 0 Å². The third kappa shape index (κ3) is 4.13. The minimum absolute atomic E-state index is 0.840. The molecule has 0 radical (unpaired) electrons. The highest BCUT2D eigenvalue weighted by molar-refractivity contribution is 6.19. The maximum atomic E-state index is 6.80. The molecule has 212 valence electrons. The molecule has 2 aromatic heterocycles. The highest BCUT2D eigenvalue weighted by Gasteiger charge is 2.25.